The highest BCUT2D eigenvalue weighted by molar-refractivity contribution is 7.89. The highest BCUT2D eigenvalue weighted by Crippen LogP contribution is 2.32. The van der Waals surface area contributed by atoms with Crippen LogP contribution in [0.25, 0.3) is 0 Å². The van der Waals surface area contributed by atoms with Crippen molar-refractivity contribution in [3.8, 4) is 0 Å². The fourth-order valence-electron chi connectivity index (χ4n) is 3.47. The predicted octanol–water partition coefficient (Wildman–Crippen LogP) is 0.194. The lowest BCUT2D eigenvalue weighted by molar-refractivity contribution is 0.150. The number of rotatable bonds is 5. The average molecular weight is 370 g/mol. The topological polar surface area (TPSA) is 106 Å². The van der Waals surface area contributed by atoms with Gasteiger partial charge in [0.05, 0.1) is 0 Å². The molecule has 1 aliphatic heterocycles. The number of aromatic nitrogens is 2. The van der Waals surface area contributed by atoms with E-state index in [1.54, 1.807) is 0 Å². The van der Waals surface area contributed by atoms with Crippen LogP contribution in [0.4, 0.5) is 0 Å². The molecule has 8 nitrogen and oxygen atoms in total. The van der Waals surface area contributed by atoms with E-state index in [1.807, 2.05) is 4.98 Å². The van der Waals surface area contributed by atoms with Crippen molar-refractivity contribution in [3.05, 3.63) is 27.0 Å². The molecule has 0 bridgehead atoms. The van der Waals surface area contributed by atoms with Crippen molar-refractivity contribution in [1.82, 2.24) is 19.2 Å². The molecule has 140 valence electrons. The van der Waals surface area contributed by atoms with E-state index >= 15 is 0 Å². The second-order valence-electron chi connectivity index (χ2n) is 7.40. The van der Waals surface area contributed by atoms with Crippen molar-refractivity contribution in [2.75, 3.05) is 26.2 Å². The molecule has 0 amide bonds. The maximum Gasteiger partial charge on any atom is 0.325 e. The van der Waals surface area contributed by atoms with Crippen molar-refractivity contribution >= 4 is 10.0 Å². The fourth-order valence-corrected chi connectivity index (χ4v) is 4.96. The summed E-state index contributed by atoms with van der Waals surface area (Å²) < 4.78 is 27.3. The van der Waals surface area contributed by atoms with Crippen LogP contribution in [0.15, 0.2) is 20.7 Å². The van der Waals surface area contributed by atoms with E-state index in [0.29, 0.717) is 19.0 Å². The van der Waals surface area contributed by atoms with E-state index in [9.17, 15) is 18.0 Å². The van der Waals surface area contributed by atoms with Gasteiger partial charge in [0, 0.05) is 31.9 Å². The van der Waals surface area contributed by atoms with Gasteiger partial charge in [-0.05, 0) is 37.6 Å². The Morgan fingerprint density at radius 1 is 1.24 bits per heavy atom. The monoisotopic (exact) mass is 370 g/mol. The first kappa shape index (κ1) is 18.3. The lowest BCUT2D eigenvalue weighted by atomic mass is 10.0. The molecule has 2 heterocycles. The Labute approximate surface area is 147 Å². The molecule has 25 heavy (non-hydrogen) atoms. The van der Waals surface area contributed by atoms with Gasteiger partial charge in [-0.15, -0.1) is 0 Å². The Kier molecular flexibility index (Phi) is 5.17. The number of aromatic amines is 2. The molecule has 1 aromatic rings. The van der Waals surface area contributed by atoms with E-state index in [1.165, 1.54) is 17.1 Å². The summed E-state index contributed by atoms with van der Waals surface area (Å²) in [6.07, 6.45) is 4.25. The SMILES string of the molecule is CC(C)[C@H]1CN(S(=O)(=O)c2c[nH]c(=O)[nH]c2=O)CCCN1CC1CC1. The predicted molar refractivity (Wildman–Crippen MR) is 94.0 cm³/mol. The third-order valence-electron chi connectivity index (χ3n) is 5.07. The van der Waals surface area contributed by atoms with Gasteiger partial charge in [-0.2, -0.15) is 4.31 Å². The zero-order chi connectivity index (χ0) is 18.2. The zero-order valence-electron chi connectivity index (χ0n) is 14.7. The van der Waals surface area contributed by atoms with E-state index in [2.05, 4.69) is 23.7 Å². The number of nitrogens with one attached hydrogen (secondary N) is 2. The third-order valence-corrected chi connectivity index (χ3v) is 6.95. The van der Waals surface area contributed by atoms with Crippen molar-refractivity contribution < 1.29 is 8.42 Å². The van der Waals surface area contributed by atoms with Gasteiger partial charge in [0.2, 0.25) is 10.0 Å². The van der Waals surface area contributed by atoms with Crippen LogP contribution in [0.1, 0.15) is 33.1 Å². The normalized spacial score (nSPS) is 23.7. The minimum absolute atomic E-state index is 0.125. The van der Waals surface area contributed by atoms with Crippen molar-refractivity contribution in [3.63, 3.8) is 0 Å². The Morgan fingerprint density at radius 2 is 1.96 bits per heavy atom. The summed E-state index contributed by atoms with van der Waals surface area (Å²) in [4.78, 5) is 29.4. The summed E-state index contributed by atoms with van der Waals surface area (Å²) in [6, 6.07) is 0.125. The molecule has 2 fully saturated rings. The van der Waals surface area contributed by atoms with E-state index in [-0.39, 0.29) is 6.04 Å². The Morgan fingerprint density at radius 3 is 2.56 bits per heavy atom. The minimum atomic E-state index is -3.94. The number of sulfonamides is 1. The summed E-state index contributed by atoms with van der Waals surface area (Å²) >= 11 is 0. The van der Waals surface area contributed by atoms with Gasteiger partial charge < -0.3 is 4.98 Å². The van der Waals surface area contributed by atoms with Gasteiger partial charge in [-0.25, -0.2) is 13.2 Å². The largest absolute Gasteiger partial charge is 0.325 e. The second kappa shape index (κ2) is 7.05. The Hall–Kier alpha value is -1.45. The van der Waals surface area contributed by atoms with Crippen molar-refractivity contribution in [2.45, 2.75) is 44.0 Å². The van der Waals surface area contributed by atoms with Crippen LogP contribution < -0.4 is 11.2 Å². The van der Waals surface area contributed by atoms with E-state index in [4.69, 9.17) is 0 Å². The lowest BCUT2D eigenvalue weighted by Crippen LogP contribution is -2.47. The molecule has 1 aliphatic carbocycles. The van der Waals surface area contributed by atoms with Crippen LogP contribution in [-0.2, 0) is 10.0 Å². The van der Waals surface area contributed by atoms with Crippen LogP contribution in [0.2, 0.25) is 0 Å². The smallest absolute Gasteiger partial charge is 0.313 e. The first-order chi connectivity index (χ1) is 11.8. The number of H-pyrrole nitrogens is 2. The number of hydrogen-bond donors (Lipinski definition) is 2. The molecule has 1 atom stereocenters. The quantitative estimate of drug-likeness (QED) is 0.770. The summed E-state index contributed by atoms with van der Waals surface area (Å²) in [7, 11) is -3.94. The molecular weight excluding hydrogens is 344 g/mol. The highest BCUT2D eigenvalue weighted by atomic mass is 32.2. The maximum atomic E-state index is 12.9. The highest BCUT2D eigenvalue weighted by Gasteiger charge is 2.36. The summed E-state index contributed by atoms with van der Waals surface area (Å²) in [6.45, 7) is 6.85. The average Bonchev–Trinajstić information content (AvgIpc) is 3.34. The van der Waals surface area contributed by atoms with Crippen LogP contribution in [0.5, 0.6) is 0 Å². The van der Waals surface area contributed by atoms with Gasteiger partial charge in [0.1, 0.15) is 0 Å². The number of hydrogen-bond acceptors (Lipinski definition) is 5. The van der Waals surface area contributed by atoms with Gasteiger partial charge in [-0.3, -0.25) is 14.7 Å². The molecule has 0 radical (unpaired) electrons. The van der Waals surface area contributed by atoms with Crippen molar-refractivity contribution in [2.24, 2.45) is 11.8 Å². The van der Waals surface area contributed by atoms with Gasteiger partial charge in [0.25, 0.3) is 5.56 Å². The third kappa shape index (κ3) is 4.04. The van der Waals surface area contributed by atoms with Crippen LogP contribution >= 0.6 is 0 Å². The minimum Gasteiger partial charge on any atom is -0.313 e. The second-order valence-corrected chi connectivity index (χ2v) is 9.31. The molecule has 0 spiro atoms. The van der Waals surface area contributed by atoms with E-state index in [0.717, 1.165) is 31.6 Å². The molecule has 9 heteroatoms. The molecule has 1 saturated carbocycles. The van der Waals surface area contributed by atoms with Crippen LogP contribution in [-0.4, -0.2) is 59.8 Å². The molecule has 1 saturated heterocycles. The molecule has 0 aromatic carbocycles. The van der Waals surface area contributed by atoms with Gasteiger partial charge in [-0.1, -0.05) is 13.8 Å². The first-order valence-electron chi connectivity index (χ1n) is 8.85. The van der Waals surface area contributed by atoms with E-state index < -0.39 is 26.2 Å². The van der Waals surface area contributed by atoms with Crippen LogP contribution in [0, 0.1) is 11.8 Å². The van der Waals surface area contributed by atoms with Crippen molar-refractivity contribution in [1.29, 1.82) is 0 Å². The Balaban J connectivity index is 1.87. The van der Waals surface area contributed by atoms with Gasteiger partial charge >= 0.3 is 5.69 Å². The summed E-state index contributed by atoms with van der Waals surface area (Å²) in [5, 5.41) is 0. The zero-order valence-corrected chi connectivity index (χ0v) is 15.5. The lowest BCUT2D eigenvalue weighted by Gasteiger charge is -2.34. The Bertz CT molecular complexity index is 825. The molecule has 0 unspecified atom stereocenters. The van der Waals surface area contributed by atoms with Crippen LogP contribution in [0.3, 0.4) is 0 Å². The molecule has 1 aromatic heterocycles. The fraction of sp³-hybridized carbons (Fsp3) is 0.750. The summed E-state index contributed by atoms with van der Waals surface area (Å²) in [5.41, 5.74) is -1.58. The molecule has 2 aliphatic rings. The molecule has 3 rings (SSSR count). The first-order valence-corrected chi connectivity index (χ1v) is 10.3. The molecule has 2 N–H and O–H groups in total. The molecular formula is C16H26N4O4S. The standard InChI is InChI=1S/C16H26N4O4S/c1-11(2)13-10-20(7-3-6-19(13)9-12-4-5-12)25(23,24)14-8-17-16(22)18-15(14)21/h8,11-13H,3-7,9-10H2,1-2H3,(H2,17,18,21,22)/t13-/m1/s1. The maximum absolute atomic E-state index is 12.9. The van der Waals surface area contributed by atoms with Gasteiger partial charge in [0.15, 0.2) is 4.90 Å². The number of nitrogens with zero attached hydrogens (tertiary/aromatic N) is 2. The summed E-state index contributed by atoms with van der Waals surface area (Å²) in [5.74, 6) is 1.05.